The number of ether oxygens (including phenoxy) is 1. The number of carboxylic acid groups (broad SMARTS) is 1. The number of rotatable bonds is 1. The van der Waals surface area contributed by atoms with Gasteiger partial charge in [0.15, 0.2) is 0 Å². The number of fused-ring (bicyclic) bond motifs is 2. The molecule has 4 aliphatic heterocycles. The van der Waals surface area contributed by atoms with Crippen molar-refractivity contribution >= 4 is 46.9 Å². The molecule has 1 aromatic rings. The van der Waals surface area contributed by atoms with E-state index < -0.39 is 23.8 Å². The topological polar surface area (TPSA) is 87.1 Å². The molecule has 1 atom stereocenters. The fourth-order valence-corrected chi connectivity index (χ4v) is 4.03. The van der Waals surface area contributed by atoms with Crippen molar-refractivity contribution in [3.05, 3.63) is 28.2 Å². The van der Waals surface area contributed by atoms with Gasteiger partial charge in [0.25, 0.3) is 5.91 Å². The van der Waals surface area contributed by atoms with Gasteiger partial charge in [-0.2, -0.15) is 13.2 Å². The van der Waals surface area contributed by atoms with Crippen LogP contribution in [-0.2, 0) is 14.3 Å². The zero-order chi connectivity index (χ0) is 21.6. The van der Waals surface area contributed by atoms with Gasteiger partial charge >= 0.3 is 18.2 Å². The second-order valence-electron chi connectivity index (χ2n) is 6.85. The molecule has 29 heavy (non-hydrogen) atoms. The van der Waals surface area contributed by atoms with E-state index in [4.69, 9.17) is 37.8 Å². The van der Waals surface area contributed by atoms with Crippen LogP contribution in [0, 0.1) is 5.92 Å². The predicted molar refractivity (Wildman–Crippen MR) is 96.0 cm³/mol. The van der Waals surface area contributed by atoms with Gasteiger partial charge in [-0.05, 0) is 44.1 Å². The number of carbonyl (C=O) groups is 3. The first kappa shape index (κ1) is 21.7. The minimum atomic E-state index is -5.08. The lowest BCUT2D eigenvalue weighted by Crippen LogP contribution is -2.63. The first-order valence-electron chi connectivity index (χ1n) is 8.51. The molecule has 0 aliphatic carbocycles. The molecule has 0 radical (unpaired) electrons. The third kappa shape index (κ3) is 4.01. The number of alkyl halides is 3. The van der Waals surface area contributed by atoms with Crippen LogP contribution in [0.15, 0.2) is 18.2 Å². The van der Waals surface area contributed by atoms with Crippen molar-refractivity contribution in [3.63, 3.8) is 0 Å². The number of imide groups is 1. The zero-order valence-corrected chi connectivity index (χ0v) is 16.2. The van der Waals surface area contributed by atoms with Crippen molar-refractivity contribution in [2.45, 2.75) is 24.6 Å². The Bertz CT molecular complexity index is 858. The van der Waals surface area contributed by atoms with Crippen LogP contribution in [0.1, 0.15) is 12.8 Å². The normalized spacial score (nSPS) is 28.2. The SMILES string of the molecule is O=C(O)C(F)(F)F.O=C1OC2(CN3CCC2CC3)C(=O)N1c1ccc(Cl)c(Cl)c1. The van der Waals surface area contributed by atoms with E-state index in [-0.39, 0.29) is 11.8 Å². The molecule has 4 aliphatic rings. The highest BCUT2D eigenvalue weighted by molar-refractivity contribution is 6.42. The van der Waals surface area contributed by atoms with Gasteiger partial charge in [0, 0.05) is 12.5 Å². The third-order valence-electron chi connectivity index (χ3n) is 5.13. The number of benzene rings is 1. The Balaban J connectivity index is 0.000000298. The van der Waals surface area contributed by atoms with Crippen molar-refractivity contribution in [2.24, 2.45) is 5.92 Å². The average molecular weight is 455 g/mol. The summed E-state index contributed by atoms with van der Waals surface area (Å²) in [6, 6.07) is 4.69. The van der Waals surface area contributed by atoms with Crippen LogP contribution in [0.5, 0.6) is 0 Å². The molecule has 1 unspecified atom stereocenters. The van der Waals surface area contributed by atoms with Crippen LogP contribution in [-0.4, -0.2) is 59.4 Å². The number of anilines is 1. The number of amides is 2. The summed E-state index contributed by atoms with van der Waals surface area (Å²) in [6.45, 7) is 2.41. The summed E-state index contributed by atoms with van der Waals surface area (Å²) in [7, 11) is 0. The second kappa shape index (κ2) is 7.66. The molecule has 4 saturated heterocycles. The van der Waals surface area contributed by atoms with E-state index >= 15 is 0 Å². The molecule has 1 N–H and O–H groups in total. The molecule has 2 bridgehead atoms. The minimum Gasteiger partial charge on any atom is -0.475 e. The number of piperidine rings is 3. The minimum absolute atomic E-state index is 0.0988. The van der Waals surface area contributed by atoms with E-state index in [0.717, 1.165) is 30.8 Å². The maximum atomic E-state index is 13.0. The number of nitrogens with zero attached hydrogens (tertiary/aromatic N) is 2. The van der Waals surface area contributed by atoms with Gasteiger partial charge in [-0.25, -0.2) is 14.5 Å². The summed E-state index contributed by atoms with van der Waals surface area (Å²) in [4.78, 5) is 37.4. The van der Waals surface area contributed by atoms with Crippen molar-refractivity contribution in [3.8, 4) is 0 Å². The molecule has 1 aromatic carbocycles. The third-order valence-corrected chi connectivity index (χ3v) is 5.87. The van der Waals surface area contributed by atoms with E-state index in [0.29, 0.717) is 22.3 Å². The Kier molecular flexibility index (Phi) is 5.72. The first-order valence-corrected chi connectivity index (χ1v) is 9.26. The Labute approximate surface area is 172 Å². The van der Waals surface area contributed by atoms with Crippen LogP contribution in [0.2, 0.25) is 10.0 Å². The van der Waals surface area contributed by atoms with Crippen molar-refractivity contribution in [1.82, 2.24) is 4.90 Å². The van der Waals surface area contributed by atoms with Gasteiger partial charge in [0.05, 0.1) is 15.7 Å². The highest BCUT2D eigenvalue weighted by Crippen LogP contribution is 2.44. The monoisotopic (exact) mass is 454 g/mol. The molecule has 5 rings (SSSR count). The quantitative estimate of drug-likeness (QED) is 0.697. The fraction of sp³-hybridized carbons (Fsp3) is 0.471. The molecule has 158 valence electrons. The predicted octanol–water partition coefficient (Wildman–Crippen LogP) is 3.57. The maximum absolute atomic E-state index is 13.0. The highest BCUT2D eigenvalue weighted by atomic mass is 35.5. The van der Waals surface area contributed by atoms with Crippen molar-refractivity contribution in [1.29, 1.82) is 0 Å². The Morgan fingerprint density at radius 3 is 2.21 bits per heavy atom. The van der Waals surface area contributed by atoms with Crippen molar-refractivity contribution < 1.29 is 37.4 Å². The van der Waals surface area contributed by atoms with E-state index in [1.165, 1.54) is 6.07 Å². The Morgan fingerprint density at radius 1 is 1.17 bits per heavy atom. The van der Waals surface area contributed by atoms with Crippen LogP contribution < -0.4 is 4.90 Å². The number of carbonyl (C=O) groups excluding carboxylic acids is 2. The van der Waals surface area contributed by atoms with Gasteiger partial charge in [0.1, 0.15) is 0 Å². The van der Waals surface area contributed by atoms with Crippen LogP contribution in [0.4, 0.5) is 23.7 Å². The summed E-state index contributed by atoms with van der Waals surface area (Å²) in [5.74, 6) is -2.94. The second-order valence-corrected chi connectivity index (χ2v) is 7.66. The van der Waals surface area contributed by atoms with E-state index in [1.54, 1.807) is 12.1 Å². The maximum Gasteiger partial charge on any atom is 0.490 e. The van der Waals surface area contributed by atoms with Crippen molar-refractivity contribution in [2.75, 3.05) is 24.5 Å². The standard InChI is InChI=1S/C15H14Cl2N2O3.C2HF3O2/c16-11-2-1-10(7-12(11)17)19-13(20)15(22-14(19)21)8-18-5-3-9(15)4-6-18;3-2(4,5)1(6)7/h1-2,7,9H,3-6,8H2;(H,6,7). The van der Waals surface area contributed by atoms with E-state index in [1.807, 2.05) is 0 Å². The van der Waals surface area contributed by atoms with Gasteiger partial charge in [-0.1, -0.05) is 23.2 Å². The summed E-state index contributed by atoms with van der Waals surface area (Å²) in [5.41, 5.74) is -0.627. The molecular weight excluding hydrogens is 440 g/mol. The average Bonchev–Trinajstić information content (AvgIpc) is 2.88. The molecule has 1 spiro atoms. The van der Waals surface area contributed by atoms with Crippen LogP contribution >= 0.6 is 23.2 Å². The number of hydrogen-bond donors (Lipinski definition) is 1. The van der Waals surface area contributed by atoms with E-state index in [2.05, 4.69) is 4.90 Å². The number of aliphatic carboxylic acids is 1. The number of halogens is 5. The van der Waals surface area contributed by atoms with Crippen LogP contribution in [0.3, 0.4) is 0 Å². The summed E-state index contributed by atoms with van der Waals surface area (Å²) >= 11 is 11.9. The Hall–Kier alpha value is -2.04. The fourth-order valence-electron chi connectivity index (χ4n) is 3.74. The largest absolute Gasteiger partial charge is 0.490 e. The zero-order valence-electron chi connectivity index (χ0n) is 14.7. The van der Waals surface area contributed by atoms with E-state index in [9.17, 15) is 22.8 Å². The highest BCUT2D eigenvalue weighted by Gasteiger charge is 2.62. The van der Waals surface area contributed by atoms with Gasteiger partial charge in [0.2, 0.25) is 5.60 Å². The molecule has 12 heteroatoms. The molecule has 0 aromatic heterocycles. The smallest absolute Gasteiger partial charge is 0.475 e. The summed E-state index contributed by atoms with van der Waals surface area (Å²) in [5, 5.41) is 7.80. The number of hydrogen-bond acceptors (Lipinski definition) is 5. The van der Waals surface area contributed by atoms with Gasteiger partial charge in [-0.15, -0.1) is 0 Å². The first-order chi connectivity index (χ1) is 13.5. The van der Waals surface area contributed by atoms with Gasteiger partial charge in [-0.3, -0.25) is 9.69 Å². The number of carboxylic acids is 1. The molecule has 2 amide bonds. The molecular formula is C17H15Cl2F3N2O5. The van der Waals surface area contributed by atoms with Crippen LogP contribution in [0.25, 0.3) is 0 Å². The lowest BCUT2D eigenvalue weighted by Gasteiger charge is -2.48. The Morgan fingerprint density at radius 2 is 1.76 bits per heavy atom. The van der Waals surface area contributed by atoms with Gasteiger partial charge < -0.3 is 9.84 Å². The molecule has 7 nitrogen and oxygen atoms in total. The lowest BCUT2D eigenvalue weighted by molar-refractivity contribution is -0.192. The molecule has 4 heterocycles. The summed E-state index contributed by atoms with van der Waals surface area (Å²) < 4.78 is 37.3. The lowest BCUT2D eigenvalue weighted by atomic mass is 9.75. The molecule has 4 fully saturated rings. The molecule has 0 saturated carbocycles. The summed E-state index contributed by atoms with van der Waals surface area (Å²) in [6.07, 6.45) is -3.94.